The van der Waals surface area contributed by atoms with Crippen LogP contribution in [0.25, 0.3) is 0 Å². The van der Waals surface area contributed by atoms with Crippen LogP contribution in [0.3, 0.4) is 0 Å². The number of hydrogen-bond acceptors (Lipinski definition) is 4. The number of nitrogens with one attached hydrogen (secondary N) is 1. The average molecular weight is 323 g/mol. The minimum absolute atomic E-state index is 0.0772. The van der Waals surface area contributed by atoms with Crippen molar-refractivity contribution >= 4 is 16.0 Å². The highest BCUT2D eigenvalue weighted by atomic mass is 32.2. The number of benzene rings is 1. The van der Waals surface area contributed by atoms with Crippen LogP contribution in [0.2, 0.25) is 0 Å². The monoisotopic (exact) mass is 323 g/mol. The number of carbonyl (C=O) groups is 1. The van der Waals surface area contributed by atoms with Gasteiger partial charge in [0.05, 0.1) is 6.10 Å². The lowest BCUT2D eigenvalue weighted by atomic mass is 10.2. The largest absolute Gasteiger partial charge is 0.477 e. The fourth-order valence-electron chi connectivity index (χ4n) is 1.83. The Labute approximate surface area is 120 Å². The maximum Gasteiger partial charge on any atom is 0.341 e. The van der Waals surface area contributed by atoms with Crippen LogP contribution in [0.1, 0.15) is 30.6 Å². The first-order valence-corrected chi connectivity index (χ1v) is 7.46. The Morgan fingerprint density at radius 1 is 1.33 bits per heavy atom. The Balaban J connectivity index is 3.21. The predicted octanol–water partition coefficient (Wildman–Crippen LogP) is 1.10. The maximum atomic E-state index is 13.9. The third-order valence-electron chi connectivity index (χ3n) is 2.61. The molecule has 1 aromatic rings. The molecule has 2 atom stereocenters. The van der Waals surface area contributed by atoms with Crippen molar-refractivity contribution in [3.05, 3.63) is 29.3 Å². The molecule has 6 nitrogen and oxygen atoms in total. The lowest BCUT2D eigenvalue weighted by molar-refractivity contribution is 0.0685. The van der Waals surface area contributed by atoms with Crippen LogP contribution < -0.4 is 4.72 Å². The summed E-state index contributed by atoms with van der Waals surface area (Å²) in [5, 5.41) is 17.9. The molecule has 0 saturated carbocycles. The molecular weight excluding hydrogens is 308 g/mol. The SMILES string of the molecule is CC(O)CC(C)NS(=O)(=O)c1ccc(F)c(C(=O)O)c1F. The van der Waals surface area contributed by atoms with Crippen LogP contribution in [0, 0.1) is 11.6 Å². The van der Waals surface area contributed by atoms with E-state index < -0.39 is 50.2 Å². The van der Waals surface area contributed by atoms with E-state index in [2.05, 4.69) is 4.72 Å². The quantitative estimate of drug-likeness (QED) is 0.727. The number of carboxylic acid groups (broad SMARTS) is 1. The van der Waals surface area contributed by atoms with Crippen LogP contribution >= 0.6 is 0 Å². The fourth-order valence-corrected chi connectivity index (χ4v) is 3.16. The van der Waals surface area contributed by atoms with E-state index in [1.807, 2.05) is 0 Å². The minimum atomic E-state index is -4.37. The number of aliphatic hydroxyl groups excluding tert-OH is 1. The minimum Gasteiger partial charge on any atom is -0.477 e. The summed E-state index contributed by atoms with van der Waals surface area (Å²) in [6.07, 6.45) is -0.705. The second-order valence-electron chi connectivity index (χ2n) is 4.65. The van der Waals surface area contributed by atoms with Gasteiger partial charge in [-0.2, -0.15) is 0 Å². The molecule has 1 aromatic carbocycles. The number of aliphatic hydroxyl groups is 1. The van der Waals surface area contributed by atoms with Crippen molar-refractivity contribution in [1.29, 1.82) is 0 Å². The molecule has 0 spiro atoms. The van der Waals surface area contributed by atoms with Crippen molar-refractivity contribution < 1.29 is 32.2 Å². The molecule has 0 fully saturated rings. The molecule has 1 rings (SSSR count). The van der Waals surface area contributed by atoms with Gasteiger partial charge in [-0.25, -0.2) is 26.7 Å². The van der Waals surface area contributed by atoms with Gasteiger partial charge in [-0.15, -0.1) is 0 Å². The number of carboxylic acids is 1. The lowest BCUT2D eigenvalue weighted by Crippen LogP contribution is -2.35. The van der Waals surface area contributed by atoms with E-state index in [1.165, 1.54) is 13.8 Å². The zero-order chi connectivity index (χ0) is 16.4. The molecule has 0 amide bonds. The molecule has 9 heteroatoms. The van der Waals surface area contributed by atoms with Gasteiger partial charge in [-0.3, -0.25) is 0 Å². The molecule has 0 aromatic heterocycles. The van der Waals surface area contributed by atoms with Gasteiger partial charge < -0.3 is 10.2 Å². The first kappa shape index (κ1) is 17.5. The molecule has 0 aliphatic rings. The van der Waals surface area contributed by atoms with E-state index in [0.717, 1.165) is 0 Å². The number of halogens is 2. The van der Waals surface area contributed by atoms with E-state index in [9.17, 15) is 22.0 Å². The average Bonchev–Trinajstić information content (AvgIpc) is 2.25. The van der Waals surface area contributed by atoms with Crippen LogP contribution in [-0.2, 0) is 10.0 Å². The second kappa shape index (κ2) is 6.46. The van der Waals surface area contributed by atoms with Gasteiger partial charge >= 0.3 is 5.97 Å². The van der Waals surface area contributed by atoms with E-state index in [4.69, 9.17) is 10.2 Å². The number of sulfonamides is 1. The zero-order valence-electron chi connectivity index (χ0n) is 11.3. The molecular formula is C12H15F2NO5S. The topological polar surface area (TPSA) is 104 Å². The number of rotatable bonds is 6. The van der Waals surface area contributed by atoms with Crippen LogP contribution in [0.4, 0.5) is 8.78 Å². The number of hydrogen-bond donors (Lipinski definition) is 3. The van der Waals surface area contributed by atoms with Crippen molar-refractivity contribution in [3.8, 4) is 0 Å². The van der Waals surface area contributed by atoms with Gasteiger partial charge in [0.15, 0.2) is 5.82 Å². The van der Waals surface area contributed by atoms with Gasteiger partial charge in [0, 0.05) is 6.04 Å². The van der Waals surface area contributed by atoms with Crippen molar-refractivity contribution in [2.45, 2.75) is 37.3 Å². The molecule has 0 aliphatic heterocycles. The highest BCUT2D eigenvalue weighted by molar-refractivity contribution is 7.89. The molecule has 2 unspecified atom stereocenters. The van der Waals surface area contributed by atoms with Crippen LogP contribution in [0.15, 0.2) is 17.0 Å². The number of aromatic carboxylic acids is 1. The van der Waals surface area contributed by atoms with Crippen LogP contribution in [-0.4, -0.2) is 36.7 Å². The molecule has 3 N–H and O–H groups in total. The molecule has 21 heavy (non-hydrogen) atoms. The van der Waals surface area contributed by atoms with Crippen LogP contribution in [0.5, 0.6) is 0 Å². The third-order valence-corrected chi connectivity index (χ3v) is 4.22. The first-order chi connectivity index (χ1) is 9.56. The summed E-state index contributed by atoms with van der Waals surface area (Å²) < 4.78 is 53.2. The van der Waals surface area contributed by atoms with Gasteiger partial charge in [0.1, 0.15) is 16.3 Å². The fraction of sp³-hybridized carbons (Fsp3) is 0.417. The molecule has 0 radical (unpaired) electrons. The van der Waals surface area contributed by atoms with Crippen molar-refractivity contribution in [3.63, 3.8) is 0 Å². The Hall–Kier alpha value is -1.58. The van der Waals surface area contributed by atoms with E-state index in [-0.39, 0.29) is 6.42 Å². The summed E-state index contributed by atoms with van der Waals surface area (Å²) in [7, 11) is -4.37. The molecule has 0 bridgehead atoms. The van der Waals surface area contributed by atoms with Gasteiger partial charge in [0.2, 0.25) is 10.0 Å². The zero-order valence-corrected chi connectivity index (χ0v) is 12.1. The highest BCUT2D eigenvalue weighted by Crippen LogP contribution is 2.21. The van der Waals surface area contributed by atoms with E-state index in [1.54, 1.807) is 0 Å². The van der Waals surface area contributed by atoms with Crippen molar-refractivity contribution in [2.24, 2.45) is 0 Å². The smallest absolute Gasteiger partial charge is 0.341 e. The third kappa shape index (κ3) is 4.19. The predicted molar refractivity (Wildman–Crippen MR) is 69.4 cm³/mol. The summed E-state index contributed by atoms with van der Waals surface area (Å²) in [6.45, 7) is 2.90. The molecule has 118 valence electrons. The van der Waals surface area contributed by atoms with Crippen molar-refractivity contribution in [2.75, 3.05) is 0 Å². The first-order valence-electron chi connectivity index (χ1n) is 5.98. The normalized spacial score (nSPS) is 14.7. The summed E-state index contributed by atoms with van der Waals surface area (Å²) in [4.78, 5) is 9.80. The summed E-state index contributed by atoms with van der Waals surface area (Å²) in [6, 6.07) is 0.502. The standard InChI is InChI=1S/C12H15F2NO5S/c1-6(5-7(2)16)15-21(19,20)9-4-3-8(13)10(11(9)14)12(17)18/h3-4,6-7,15-16H,5H2,1-2H3,(H,17,18). The van der Waals surface area contributed by atoms with Crippen molar-refractivity contribution in [1.82, 2.24) is 4.72 Å². The molecule has 0 aliphatic carbocycles. The lowest BCUT2D eigenvalue weighted by Gasteiger charge is -2.16. The maximum absolute atomic E-state index is 13.9. The molecule has 0 saturated heterocycles. The van der Waals surface area contributed by atoms with Gasteiger partial charge in [-0.1, -0.05) is 0 Å². The Kier molecular flexibility index (Phi) is 5.37. The van der Waals surface area contributed by atoms with E-state index in [0.29, 0.717) is 12.1 Å². The Bertz CT molecular complexity index is 645. The highest BCUT2D eigenvalue weighted by Gasteiger charge is 2.28. The Morgan fingerprint density at radius 3 is 2.38 bits per heavy atom. The molecule has 0 heterocycles. The van der Waals surface area contributed by atoms with E-state index >= 15 is 0 Å². The summed E-state index contributed by atoms with van der Waals surface area (Å²) in [5.41, 5.74) is -1.33. The summed E-state index contributed by atoms with van der Waals surface area (Å²) in [5.74, 6) is -4.94. The van der Waals surface area contributed by atoms with Gasteiger partial charge in [0.25, 0.3) is 0 Å². The second-order valence-corrected chi connectivity index (χ2v) is 6.33. The summed E-state index contributed by atoms with van der Waals surface area (Å²) >= 11 is 0. The van der Waals surface area contributed by atoms with Gasteiger partial charge in [-0.05, 0) is 32.4 Å². The Morgan fingerprint density at radius 2 is 1.90 bits per heavy atom.